The van der Waals surface area contributed by atoms with E-state index < -0.39 is 5.91 Å². The molecule has 0 unspecified atom stereocenters. The van der Waals surface area contributed by atoms with Crippen LogP contribution in [0.3, 0.4) is 0 Å². The molecule has 1 aromatic rings. The van der Waals surface area contributed by atoms with Crippen molar-refractivity contribution in [3.8, 4) is 5.75 Å². The number of rotatable bonds is 2. The maximum absolute atomic E-state index is 11.7. The van der Waals surface area contributed by atoms with Crippen molar-refractivity contribution in [2.45, 2.75) is 44.9 Å². The van der Waals surface area contributed by atoms with Gasteiger partial charge in [-0.25, -0.2) is 0 Å². The fourth-order valence-electron chi connectivity index (χ4n) is 5.44. The van der Waals surface area contributed by atoms with Crippen molar-refractivity contribution < 1.29 is 9.53 Å². The topological polar surface area (TPSA) is 52.3 Å². The number of carbonyl (C=O) groups is 1. The molecule has 3 aliphatic carbocycles. The second-order valence-electron chi connectivity index (χ2n) is 7.71. The van der Waals surface area contributed by atoms with Gasteiger partial charge in [-0.15, -0.1) is 0 Å². The highest BCUT2D eigenvalue weighted by Gasteiger charge is 2.48. The number of hydrogen-bond donors (Lipinski definition) is 1. The zero-order valence-electron chi connectivity index (χ0n) is 14.0. The third-order valence-electron chi connectivity index (χ3n) is 6.64. The maximum atomic E-state index is 11.7. The minimum Gasteiger partial charge on any atom is -0.496 e. The Hall–Kier alpha value is -1.77. The molecule has 4 rings (SSSR count). The van der Waals surface area contributed by atoms with Crippen LogP contribution < -0.4 is 10.5 Å². The molecule has 1 aromatic carbocycles. The number of hydrogen-bond acceptors (Lipinski definition) is 2. The Kier molecular flexibility index (Phi) is 3.29. The number of fused-ring (bicyclic) bond motifs is 5. The quantitative estimate of drug-likeness (QED) is 0.844. The first-order valence-corrected chi connectivity index (χ1v) is 8.72. The van der Waals surface area contributed by atoms with E-state index >= 15 is 0 Å². The smallest absolute Gasteiger partial charge is 0.252 e. The summed E-state index contributed by atoms with van der Waals surface area (Å²) in [5, 5.41) is 0. The zero-order valence-corrected chi connectivity index (χ0v) is 14.0. The molecular formula is C20H25NO2. The number of allylic oxidation sites excluding steroid dienone is 2. The van der Waals surface area contributed by atoms with Crippen LogP contribution in [0.5, 0.6) is 5.75 Å². The highest BCUT2D eigenvalue weighted by atomic mass is 16.5. The lowest BCUT2D eigenvalue weighted by atomic mass is 9.55. The Morgan fingerprint density at radius 3 is 2.91 bits per heavy atom. The van der Waals surface area contributed by atoms with Gasteiger partial charge in [0.25, 0.3) is 5.91 Å². The van der Waals surface area contributed by atoms with Crippen molar-refractivity contribution in [1.82, 2.24) is 0 Å². The van der Waals surface area contributed by atoms with Crippen molar-refractivity contribution in [3.05, 3.63) is 41.0 Å². The number of carbonyl (C=O) groups excluding carboxylic acids is 1. The second kappa shape index (κ2) is 5.12. The van der Waals surface area contributed by atoms with Gasteiger partial charge in [0.2, 0.25) is 0 Å². The van der Waals surface area contributed by atoms with Crippen molar-refractivity contribution in [2.75, 3.05) is 7.11 Å². The standard InChI is InChI=1S/C20H25NO2/c1-20-8-3-4-17(20)14-6-5-12-10-16(19(21)22)18(23-2)11-15(12)13(14)7-9-20/h3,8,10-11,13-14,17H,4-7,9H2,1-2H3,(H2,21,22)/t13-,14+,17-,20+/m0/s1. The van der Waals surface area contributed by atoms with E-state index in [1.165, 1.54) is 36.8 Å². The molecule has 1 fully saturated rings. The first-order chi connectivity index (χ1) is 11.0. The molecule has 23 heavy (non-hydrogen) atoms. The Labute approximate surface area is 137 Å². The molecule has 122 valence electrons. The first-order valence-electron chi connectivity index (χ1n) is 8.72. The van der Waals surface area contributed by atoms with Crippen LogP contribution in [0.4, 0.5) is 0 Å². The number of aryl methyl sites for hydroxylation is 1. The summed E-state index contributed by atoms with van der Waals surface area (Å²) in [7, 11) is 1.62. The number of methoxy groups -OCH3 is 1. The average molecular weight is 311 g/mol. The summed E-state index contributed by atoms with van der Waals surface area (Å²) in [5.41, 5.74) is 9.14. The van der Waals surface area contributed by atoms with E-state index in [0.717, 1.165) is 18.3 Å². The number of primary amides is 1. The Morgan fingerprint density at radius 1 is 1.35 bits per heavy atom. The number of ether oxygens (including phenoxy) is 1. The van der Waals surface area contributed by atoms with Gasteiger partial charge in [0, 0.05) is 0 Å². The fourth-order valence-corrected chi connectivity index (χ4v) is 5.44. The number of nitrogens with two attached hydrogens (primary N) is 1. The van der Waals surface area contributed by atoms with Gasteiger partial charge in [-0.05, 0) is 78.5 Å². The summed E-state index contributed by atoms with van der Waals surface area (Å²) in [4.78, 5) is 11.7. The van der Waals surface area contributed by atoms with Crippen LogP contribution in [0, 0.1) is 17.3 Å². The van der Waals surface area contributed by atoms with Crippen LogP contribution in [-0.4, -0.2) is 13.0 Å². The Morgan fingerprint density at radius 2 is 2.17 bits per heavy atom. The molecule has 1 amide bonds. The second-order valence-corrected chi connectivity index (χ2v) is 7.71. The number of benzene rings is 1. The molecule has 0 spiro atoms. The molecule has 3 aliphatic rings. The molecular weight excluding hydrogens is 286 g/mol. The van der Waals surface area contributed by atoms with Crippen LogP contribution in [0.15, 0.2) is 24.3 Å². The molecule has 1 saturated carbocycles. The van der Waals surface area contributed by atoms with Crippen molar-refractivity contribution in [2.24, 2.45) is 23.0 Å². The molecule has 2 N–H and O–H groups in total. The normalized spacial score (nSPS) is 34.4. The third kappa shape index (κ3) is 2.13. The van der Waals surface area contributed by atoms with Gasteiger partial charge in [0.1, 0.15) is 5.75 Å². The van der Waals surface area contributed by atoms with Gasteiger partial charge in [0.15, 0.2) is 0 Å². The predicted octanol–water partition coefficient (Wildman–Crippen LogP) is 3.82. The monoisotopic (exact) mass is 311 g/mol. The summed E-state index contributed by atoms with van der Waals surface area (Å²) in [6.07, 6.45) is 10.8. The molecule has 0 heterocycles. The van der Waals surface area contributed by atoms with Gasteiger partial charge >= 0.3 is 0 Å². The lowest BCUT2D eigenvalue weighted by molar-refractivity contribution is 0.0824. The largest absolute Gasteiger partial charge is 0.496 e. The maximum Gasteiger partial charge on any atom is 0.252 e. The van der Waals surface area contributed by atoms with Crippen LogP contribution in [0.25, 0.3) is 0 Å². The molecule has 0 radical (unpaired) electrons. The average Bonchev–Trinajstić information content (AvgIpc) is 2.94. The lowest BCUT2D eigenvalue weighted by Crippen LogP contribution is -2.39. The van der Waals surface area contributed by atoms with Gasteiger partial charge in [0.05, 0.1) is 12.7 Å². The van der Waals surface area contributed by atoms with Crippen LogP contribution >= 0.6 is 0 Å². The van der Waals surface area contributed by atoms with E-state index in [9.17, 15) is 4.79 Å². The van der Waals surface area contributed by atoms with E-state index in [1.54, 1.807) is 7.11 Å². The molecule has 0 aromatic heterocycles. The Balaban J connectivity index is 1.75. The highest BCUT2D eigenvalue weighted by molar-refractivity contribution is 5.96. The lowest BCUT2D eigenvalue weighted by Gasteiger charge is -2.49. The highest BCUT2D eigenvalue weighted by Crippen LogP contribution is 2.58. The van der Waals surface area contributed by atoms with Crippen molar-refractivity contribution in [1.29, 1.82) is 0 Å². The minimum absolute atomic E-state index is 0.399. The molecule has 0 bridgehead atoms. The van der Waals surface area contributed by atoms with Crippen molar-refractivity contribution >= 4 is 5.91 Å². The number of amides is 1. The Bertz CT molecular complexity index is 693. The molecule has 0 saturated heterocycles. The molecule has 3 heteroatoms. The van der Waals surface area contributed by atoms with Crippen LogP contribution in [-0.2, 0) is 6.42 Å². The van der Waals surface area contributed by atoms with E-state index in [1.807, 2.05) is 6.07 Å². The summed E-state index contributed by atoms with van der Waals surface area (Å²) < 4.78 is 5.45. The van der Waals surface area contributed by atoms with Crippen molar-refractivity contribution in [3.63, 3.8) is 0 Å². The summed E-state index contributed by atoms with van der Waals surface area (Å²) in [6, 6.07) is 4.07. The van der Waals surface area contributed by atoms with E-state index in [4.69, 9.17) is 10.5 Å². The minimum atomic E-state index is -0.400. The van der Waals surface area contributed by atoms with E-state index in [2.05, 4.69) is 25.1 Å². The van der Waals surface area contributed by atoms with Crippen LogP contribution in [0.1, 0.15) is 60.0 Å². The van der Waals surface area contributed by atoms with Gasteiger partial charge in [-0.2, -0.15) is 0 Å². The van der Waals surface area contributed by atoms with E-state index in [-0.39, 0.29) is 0 Å². The first kappa shape index (κ1) is 14.8. The summed E-state index contributed by atoms with van der Waals surface area (Å²) >= 11 is 0. The molecule has 0 aliphatic heterocycles. The zero-order chi connectivity index (χ0) is 16.2. The SMILES string of the molecule is COc1cc2c(cc1C(N)=O)CC[C@@H]1[C@@H]2CC[C@@]2(C)C=CC[C@@H]12. The summed E-state index contributed by atoms with van der Waals surface area (Å²) in [6.45, 7) is 2.43. The fraction of sp³-hybridized carbons (Fsp3) is 0.550. The van der Waals surface area contributed by atoms with Gasteiger partial charge < -0.3 is 10.5 Å². The van der Waals surface area contributed by atoms with E-state index in [0.29, 0.717) is 22.6 Å². The summed E-state index contributed by atoms with van der Waals surface area (Å²) in [5.74, 6) is 2.36. The predicted molar refractivity (Wildman–Crippen MR) is 90.7 cm³/mol. The van der Waals surface area contributed by atoms with Gasteiger partial charge in [-0.1, -0.05) is 19.1 Å². The van der Waals surface area contributed by atoms with Crippen LogP contribution in [0.2, 0.25) is 0 Å². The van der Waals surface area contributed by atoms with Gasteiger partial charge in [-0.3, -0.25) is 4.79 Å². The third-order valence-corrected chi connectivity index (χ3v) is 6.64. The molecule has 4 atom stereocenters. The molecule has 3 nitrogen and oxygen atoms in total.